The third kappa shape index (κ3) is 5.11. The first kappa shape index (κ1) is 21.1. The van der Waals surface area contributed by atoms with Crippen LogP contribution in [0.15, 0.2) is 53.9 Å². The van der Waals surface area contributed by atoms with E-state index in [1.807, 2.05) is 48.7 Å². The number of carbonyl (C=O) groups excluding carboxylic acids is 2. The largest absolute Gasteiger partial charge is 0.482 e. The van der Waals surface area contributed by atoms with Gasteiger partial charge in [0.25, 0.3) is 5.91 Å². The number of amides is 1. The molecule has 6 nitrogen and oxygen atoms in total. The van der Waals surface area contributed by atoms with E-state index in [4.69, 9.17) is 14.5 Å². The number of unbranched alkanes of at least 4 members (excludes halogenated alkanes) is 1. The van der Waals surface area contributed by atoms with Crippen LogP contribution in [0.5, 0.6) is 5.75 Å². The van der Waals surface area contributed by atoms with Crippen molar-refractivity contribution in [2.45, 2.75) is 26.2 Å². The molecule has 0 atom stereocenters. The Labute approximate surface area is 185 Å². The number of ether oxygens (including phenoxy) is 2. The topological polar surface area (TPSA) is 68.7 Å². The zero-order chi connectivity index (χ0) is 21.6. The average Bonchev–Trinajstić information content (AvgIpc) is 3.25. The molecule has 7 heteroatoms. The lowest BCUT2D eigenvalue weighted by molar-refractivity contribution is -0.143. The molecule has 4 rings (SSSR count). The fourth-order valence-electron chi connectivity index (χ4n) is 3.34. The van der Waals surface area contributed by atoms with Crippen LogP contribution in [0.1, 0.15) is 30.3 Å². The molecule has 0 bridgehead atoms. The molecule has 0 saturated carbocycles. The Balaban J connectivity index is 1.53. The summed E-state index contributed by atoms with van der Waals surface area (Å²) in [6.07, 6.45) is 2.52. The molecule has 1 aliphatic rings. The Hall–Kier alpha value is -3.19. The van der Waals surface area contributed by atoms with Crippen LogP contribution in [0, 0.1) is 0 Å². The molecule has 2 heterocycles. The first-order chi connectivity index (χ1) is 15.1. The molecular weight excluding hydrogens is 412 g/mol. The molecule has 3 aromatic rings. The van der Waals surface area contributed by atoms with E-state index < -0.39 is 5.97 Å². The maximum Gasteiger partial charge on any atom is 0.326 e. The second-order valence-corrected chi connectivity index (χ2v) is 8.26. The summed E-state index contributed by atoms with van der Waals surface area (Å²) in [6.45, 7) is 2.18. The van der Waals surface area contributed by atoms with Crippen molar-refractivity contribution in [3.63, 3.8) is 0 Å². The standard InChI is InChI=1S/C24H24N2O4S/c1-2-3-11-29-24(28)14-26-20-13-18(9-10-21(20)30-15-23(26)27)19-16-31-22(25-19)12-17-7-5-4-6-8-17/h4-10,13,16H,2-3,11-12,14-15H2,1H3. The fraction of sp³-hybridized carbons (Fsp3) is 0.292. The van der Waals surface area contributed by atoms with Gasteiger partial charge in [-0.2, -0.15) is 0 Å². The second kappa shape index (κ2) is 9.75. The van der Waals surface area contributed by atoms with Gasteiger partial charge >= 0.3 is 5.97 Å². The van der Waals surface area contributed by atoms with Crippen molar-refractivity contribution in [3.8, 4) is 17.0 Å². The predicted octanol–water partition coefficient (Wildman–Crippen LogP) is 4.47. The molecule has 0 N–H and O–H groups in total. The smallest absolute Gasteiger partial charge is 0.326 e. The highest BCUT2D eigenvalue weighted by molar-refractivity contribution is 7.10. The van der Waals surface area contributed by atoms with Crippen molar-refractivity contribution in [2.75, 3.05) is 24.7 Å². The van der Waals surface area contributed by atoms with Crippen molar-refractivity contribution in [3.05, 3.63) is 64.5 Å². The summed E-state index contributed by atoms with van der Waals surface area (Å²) in [5.74, 6) is -0.108. The monoisotopic (exact) mass is 436 g/mol. The number of benzene rings is 2. The van der Waals surface area contributed by atoms with Gasteiger partial charge in [-0.3, -0.25) is 14.5 Å². The number of fused-ring (bicyclic) bond motifs is 1. The molecular formula is C24H24N2O4S. The Bertz CT molecular complexity index is 1060. The highest BCUT2D eigenvalue weighted by atomic mass is 32.1. The van der Waals surface area contributed by atoms with Crippen LogP contribution in [0.4, 0.5) is 5.69 Å². The molecule has 0 aliphatic carbocycles. The number of esters is 1. The molecule has 0 radical (unpaired) electrons. The van der Waals surface area contributed by atoms with Gasteiger partial charge in [0.2, 0.25) is 0 Å². The first-order valence-corrected chi connectivity index (χ1v) is 11.2. The second-order valence-electron chi connectivity index (χ2n) is 7.31. The highest BCUT2D eigenvalue weighted by Crippen LogP contribution is 2.36. The summed E-state index contributed by atoms with van der Waals surface area (Å²) >= 11 is 1.60. The van der Waals surface area contributed by atoms with Crippen LogP contribution >= 0.6 is 11.3 Å². The number of anilines is 1. The van der Waals surface area contributed by atoms with Crippen molar-refractivity contribution < 1.29 is 19.1 Å². The van der Waals surface area contributed by atoms with Gasteiger partial charge in [0.15, 0.2) is 6.61 Å². The lowest BCUT2D eigenvalue weighted by Gasteiger charge is -2.29. The Morgan fingerprint density at radius 3 is 2.87 bits per heavy atom. The van der Waals surface area contributed by atoms with Gasteiger partial charge in [-0.25, -0.2) is 4.98 Å². The van der Waals surface area contributed by atoms with Gasteiger partial charge in [-0.05, 0) is 30.2 Å². The normalized spacial score (nSPS) is 12.9. The maximum atomic E-state index is 12.5. The van der Waals surface area contributed by atoms with Crippen molar-refractivity contribution >= 4 is 28.9 Å². The van der Waals surface area contributed by atoms with E-state index in [0.29, 0.717) is 18.0 Å². The fourth-order valence-corrected chi connectivity index (χ4v) is 4.17. The first-order valence-electron chi connectivity index (χ1n) is 10.4. The summed E-state index contributed by atoms with van der Waals surface area (Å²) in [4.78, 5) is 30.9. The van der Waals surface area contributed by atoms with Crippen LogP contribution in [-0.4, -0.2) is 36.6 Å². The average molecular weight is 437 g/mol. The predicted molar refractivity (Wildman–Crippen MR) is 121 cm³/mol. The molecule has 0 fully saturated rings. The number of hydrogen-bond donors (Lipinski definition) is 0. The molecule has 0 unspecified atom stereocenters. The SMILES string of the molecule is CCCCOC(=O)CN1C(=O)COc2ccc(-c3csc(Cc4ccccc4)n3)cc21. The van der Waals surface area contributed by atoms with Crippen molar-refractivity contribution in [1.82, 2.24) is 4.98 Å². The quantitative estimate of drug-likeness (QED) is 0.385. The molecule has 160 valence electrons. The summed E-state index contributed by atoms with van der Waals surface area (Å²) < 4.78 is 10.8. The van der Waals surface area contributed by atoms with Crippen molar-refractivity contribution in [1.29, 1.82) is 0 Å². The highest BCUT2D eigenvalue weighted by Gasteiger charge is 2.28. The van der Waals surface area contributed by atoms with Crippen LogP contribution in [0.3, 0.4) is 0 Å². The van der Waals surface area contributed by atoms with Crippen LogP contribution in [-0.2, 0) is 20.7 Å². The number of carbonyl (C=O) groups is 2. The van der Waals surface area contributed by atoms with E-state index in [-0.39, 0.29) is 19.1 Å². The number of rotatable bonds is 8. The molecule has 31 heavy (non-hydrogen) atoms. The van der Waals surface area contributed by atoms with Gasteiger partial charge < -0.3 is 9.47 Å². The van der Waals surface area contributed by atoms with E-state index in [2.05, 4.69) is 12.1 Å². The number of hydrogen-bond acceptors (Lipinski definition) is 6. The van der Waals surface area contributed by atoms with Crippen LogP contribution < -0.4 is 9.64 Å². The van der Waals surface area contributed by atoms with E-state index in [1.165, 1.54) is 10.5 Å². The van der Waals surface area contributed by atoms with Crippen molar-refractivity contribution in [2.24, 2.45) is 0 Å². The molecule has 2 aromatic carbocycles. The van der Waals surface area contributed by atoms with E-state index in [1.54, 1.807) is 11.3 Å². The summed E-state index contributed by atoms with van der Waals surface area (Å²) in [5, 5.41) is 3.03. The molecule has 1 aliphatic heterocycles. The lowest BCUT2D eigenvalue weighted by atomic mass is 10.1. The van der Waals surface area contributed by atoms with E-state index in [0.717, 1.165) is 35.5 Å². The van der Waals surface area contributed by atoms with Crippen LogP contribution in [0.2, 0.25) is 0 Å². The van der Waals surface area contributed by atoms with E-state index in [9.17, 15) is 9.59 Å². The summed E-state index contributed by atoms with van der Waals surface area (Å²) in [6, 6.07) is 15.8. The zero-order valence-electron chi connectivity index (χ0n) is 17.4. The molecule has 1 aromatic heterocycles. The minimum absolute atomic E-state index is 0.0908. The lowest BCUT2D eigenvalue weighted by Crippen LogP contribution is -2.42. The minimum Gasteiger partial charge on any atom is -0.482 e. The van der Waals surface area contributed by atoms with Gasteiger partial charge in [0.05, 0.1) is 23.0 Å². The Morgan fingerprint density at radius 2 is 2.06 bits per heavy atom. The van der Waals surface area contributed by atoms with Gasteiger partial charge in [0, 0.05) is 17.4 Å². The number of thiazole rings is 1. The third-order valence-corrected chi connectivity index (χ3v) is 5.84. The molecule has 0 spiro atoms. The molecule has 1 amide bonds. The minimum atomic E-state index is -0.418. The van der Waals surface area contributed by atoms with Gasteiger partial charge in [-0.1, -0.05) is 43.7 Å². The Kier molecular flexibility index (Phi) is 6.62. The Morgan fingerprint density at radius 1 is 1.23 bits per heavy atom. The summed E-state index contributed by atoms with van der Waals surface area (Å²) in [7, 11) is 0. The zero-order valence-corrected chi connectivity index (χ0v) is 18.2. The van der Waals surface area contributed by atoms with Gasteiger partial charge in [0.1, 0.15) is 12.3 Å². The van der Waals surface area contributed by atoms with E-state index >= 15 is 0 Å². The number of nitrogens with zero attached hydrogens (tertiary/aromatic N) is 2. The molecule has 0 saturated heterocycles. The maximum absolute atomic E-state index is 12.5. The third-order valence-electron chi connectivity index (χ3n) is 5.00. The number of aromatic nitrogens is 1. The van der Waals surface area contributed by atoms with Crippen LogP contribution in [0.25, 0.3) is 11.3 Å². The summed E-state index contributed by atoms with van der Waals surface area (Å²) in [5.41, 5.74) is 3.48. The van der Waals surface area contributed by atoms with Gasteiger partial charge in [-0.15, -0.1) is 11.3 Å².